The second-order valence-electron chi connectivity index (χ2n) is 7.56. The highest BCUT2D eigenvalue weighted by Crippen LogP contribution is 2.36. The number of para-hydroxylation sites is 1. The van der Waals surface area contributed by atoms with Gasteiger partial charge < -0.3 is 15.2 Å². The summed E-state index contributed by atoms with van der Waals surface area (Å²) in [6.07, 6.45) is -0.146. The van der Waals surface area contributed by atoms with Gasteiger partial charge in [-0.2, -0.15) is 5.26 Å². The molecule has 2 N–H and O–H groups in total. The second-order valence-corrected chi connectivity index (χ2v) is 7.56. The molecule has 34 heavy (non-hydrogen) atoms. The molecular formula is C27H22FN3O3. The van der Waals surface area contributed by atoms with Crippen LogP contribution in [0.25, 0.3) is 33.3 Å². The Hall–Kier alpha value is -4.44. The Morgan fingerprint density at radius 2 is 1.85 bits per heavy atom. The Morgan fingerprint density at radius 3 is 2.56 bits per heavy atom. The fourth-order valence-electron chi connectivity index (χ4n) is 3.83. The van der Waals surface area contributed by atoms with E-state index < -0.39 is 11.8 Å². The fourth-order valence-corrected chi connectivity index (χ4v) is 3.83. The lowest BCUT2D eigenvalue weighted by Gasteiger charge is -2.15. The fraction of sp³-hybridized carbons (Fsp3) is 0.148. The van der Waals surface area contributed by atoms with Crippen molar-refractivity contribution in [1.82, 2.24) is 4.98 Å². The number of hydrogen-bond acceptors (Lipinski definition) is 5. The van der Waals surface area contributed by atoms with Crippen molar-refractivity contribution in [3.8, 4) is 34.2 Å². The van der Waals surface area contributed by atoms with Gasteiger partial charge in [-0.05, 0) is 36.8 Å². The first-order valence-corrected chi connectivity index (χ1v) is 10.8. The number of carbonyl (C=O) groups is 1. The molecule has 0 radical (unpaired) electrons. The molecule has 1 heterocycles. The first kappa shape index (κ1) is 22.7. The zero-order valence-electron chi connectivity index (χ0n) is 18.5. The van der Waals surface area contributed by atoms with Gasteiger partial charge in [0.1, 0.15) is 23.2 Å². The highest BCUT2D eigenvalue weighted by Gasteiger charge is 2.18. The van der Waals surface area contributed by atoms with Crippen LogP contribution in [0.15, 0.2) is 66.7 Å². The van der Waals surface area contributed by atoms with Gasteiger partial charge in [0.15, 0.2) is 0 Å². The summed E-state index contributed by atoms with van der Waals surface area (Å²) in [4.78, 5) is 15.6. The normalized spacial score (nSPS) is 10.6. The lowest BCUT2D eigenvalue weighted by molar-refractivity contribution is -0.136. The Balaban J connectivity index is 1.81. The van der Waals surface area contributed by atoms with E-state index in [4.69, 9.17) is 9.84 Å². The third-order valence-corrected chi connectivity index (χ3v) is 5.36. The van der Waals surface area contributed by atoms with Crippen LogP contribution in [0.5, 0.6) is 5.75 Å². The molecule has 4 aromatic rings. The van der Waals surface area contributed by atoms with Crippen molar-refractivity contribution >= 4 is 22.6 Å². The number of carboxylic acid groups (broad SMARTS) is 1. The summed E-state index contributed by atoms with van der Waals surface area (Å²) in [7, 11) is 0. The predicted molar refractivity (Wildman–Crippen MR) is 129 cm³/mol. The van der Waals surface area contributed by atoms with Crippen LogP contribution in [0.4, 0.5) is 10.1 Å². The van der Waals surface area contributed by atoms with Crippen molar-refractivity contribution < 1.29 is 19.0 Å². The van der Waals surface area contributed by atoms with Crippen LogP contribution >= 0.6 is 0 Å². The largest absolute Gasteiger partial charge is 0.493 e. The molecule has 0 saturated heterocycles. The summed E-state index contributed by atoms with van der Waals surface area (Å²) >= 11 is 0. The molecule has 170 valence electrons. The van der Waals surface area contributed by atoms with Crippen molar-refractivity contribution in [3.63, 3.8) is 0 Å². The molecule has 0 unspecified atom stereocenters. The maximum atomic E-state index is 14.0. The summed E-state index contributed by atoms with van der Waals surface area (Å²) in [5.74, 6) is -0.658. The van der Waals surface area contributed by atoms with Crippen molar-refractivity contribution in [3.05, 3.63) is 78.1 Å². The molecule has 0 aliphatic rings. The lowest BCUT2D eigenvalue weighted by Crippen LogP contribution is -2.10. The topological polar surface area (TPSA) is 95.2 Å². The smallest absolute Gasteiger partial charge is 0.305 e. The Bertz CT molecular complexity index is 1400. The minimum absolute atomic E-state index is 0.0895. The van der Waals surface area contributed by atoms with E-state index in [-0.39, 0.29) is 18.5 Å². The number of nitriles is 1. The number of halogens is 1. The Morgan fingerprint density at radius 1 is 1.12 bits per heavy atom. The quantitative estimate of drug-likeness (QED) is 0.345. The highest BCUT2D eigenvalue weighted by atomic mass is 19.1. The van der Waals surface area contributed by atoms with Gasteiger partial charge >= 0.3 is 5.97 Å². The van der Waals surface area contributed by atoms with Gasteiger partial charge in [0.2, 0.25) is 0 Å². The number of benzene rings is 3. The van der Waals surface area contributed by atoms with Gasteiger partial charge in [-0.1, -0.05) is 42.5 Å². The molecule has 0 saturated carbocycles. The van der Waals surface area contributed by atoms with Gasteiger partial charge in [-0.3, -0.25) is 4.79 Å². The monoisotopic (exact) mass is 455 g/mol. The lowest BCUT2D eigenvalue weighted by atomic mass is 9.98. The first-order valence-electron chi connectivity index (χ1n) is 10.8. The van der Waals surface area contributed by atoms with Crippen LogP contribution in [0.3, 0.4) is 0 Å². The zero-order chi connectivity index (χ0) is 24.1. The van der Waals surface area contributed by atoms with Crippen LogP contribution in [-0.2, 0) is 4.79 Å². The van der Waals surface area contributed by atoms with E-state index in [1.807, 2.05) is 55.5 Å². The number of rotatable bonds is 8. The molecule has 0 amide bonds. The number of nitrogens with one attached hydrogen (secondary N) is 1. The minimum Gasteiger partial charge on any atom is -0.493 e. The number of carboxylic acids is 1. The summed E-state index contributed by atoms with van der Waals surface area (Å²) in [5.41, 5.74) is 4.15. The van der Waals surface area contributed by atoms with Crippen molar-refractivity contribution in [1.29, 1.82) is 5.26 Å². The van der Waals surface area contributed by atoms with Crippen LogP contribution in [0.2, 0.25) is 0 Å². The highest BCUT2D eigenvalue weighted by molar-refractivity contribution is 5.98. The van der Waals surface area contributed by atoms with E-state index in [0.29, 0.717) is 34.5 Å². The molecule has 1 aromatic heterocycles. The molecule has 0 bridgehead atoms. The minimum atomic E-state index is -0.973. The third kappa shape index (κ3) is 4.66. The summed E-state index contributed by atoms with van der Waals surface area (Å²) in [6.45, 7) is 2.58. The number of ether oxygens (including phenoxy) is 1. The molecule has 0 spiro atoms. The molecule has 6 nitrogen and oxygen atoms in total. The Kier molecular flexibility index (Phi) is 6.69. The van der Waals surface area contributed by atoms with Crippen LogP contribution in [-0.4, -0.2) is 29.2 Å². The van der Waals surface area contributed by atoms with E-state index in [0.717, 1.165) is 16.9 Å². The maximum absolute atomic E-state index is 14.0. The number of nitrogens with zero attached hydrogens (tertiary/aromatic N) is 2. The maximum Gasteiger partial charge on any atom is 0.305 e. The molecule has 0 aliphatic carbocycles. The number of pyridine rings is 1. The SMILES string of the molecule is CCOc1ccccc1-c1ccc(-c2nc3ccc(F)cc3c(NCCC(=O)O)c2C#N)cc1. The molecule has 7 heteroatoms. The number of anilines is 1. The van der Waals surface area contributed by atoms with Crippen molar-refractivity contribution in [2.75, 3.05) is 18.5 Å². The Labute approximate surface area is 196 Å². The van der Waals surface area contributed by atoms with Crippen molar-refractivity contribution in [2.45, 2.75) is 13.3 Å². The average molecular weight is 455 g/mol. The molecule has 0 atom stereocenters. The van der Waals surface area contributed by atoms with Gasteiger partial charge in [-0.15, -0.1) is 0 Å². The number of aromatic nitrogens is 1. The number of fused-ring (bicyclic) bond motifs is 1. The van der Waals surface area contributed by atoms with E-state index in [2.05, 4.69) is 16.4 Å². The number of aliphatic carboxylic acids is 1. The molecular weight excluding hydrogens is 433 g/mol. The molecule has 0 aliphatic heterocycles. The van der Waals surface area contributed by atoms with Crippen molar-refractivity contribution in [2.24, 2.45) is 0 Å². The third-order valence-electron chi connectivity index (χ3n) is 5.36. The van der Waals surface area contributed by atoms with Crippen LogP contribution < -0.4 is 10.1 Å². The van der Waals surface area contributed by atoms with E-state index in [9.17, 15) is 14.4 Å². The van der Waals surface area contributed by atoms with Crippen LogP contribution in [0.1, 0.15) is 18.9 Å². The standard InChI is InChI=1S/C27H22FN3O3/c1-2-34-24-6-4-3-5-20(24)17-7-9-18(10-8-17)26-22(16-29)27(30-14-13-25(32)33)21-15-19(28)11-12-23(21)31-26/h3-12,15H,2,13-14H2,1H3,(H,30,31)(H,32,33). The van der Waals surface area contributed by atoms with E-state index in [1.54, 1.807) is 6.07 Å². The molecule has 3 aromatic carbocycles. The van der Waals surface area contributed by atoms with Gasteiger partial charge in [-0.25, -0.2) is 9.37 Å². The second kappa shape index (κ2) is 10.0. The van der Waals surface area contributed by atoms with Gasteiger partial charge in [0.25, 0.3) is 0 Å². The summed E-state index contributed by atoms with van der Waals surface area (Å²) < 4.78 is 19.7. The zero-order valence-corrected chi connectivity index (χ0v) is 18.5. The molecule has 0 fully saturated rings. The average Bonchev–Trinajstić information content (AvgIpc) is 2.84. The van der Waals surface area contributed by atoms with Crippen LogP contribution in [0, 0.1) is 17.1 Å². The van der Waals surface area contributed by atoms with E-state index >= 15 is 0 Å². The van der Waals surface area contributed by atoms with E-state index in [1.165, 1.54) is 12.1 Å². The predicted octanol–water partition coefficient (Wildman–Crippen LogP) is 5.86. The van der Waals surface area contributed by atoms with Gasteiger partial charge in [0, 0.05) is 23.1 Å². The summed E-state index contributed by atoms with van der Waals surface area (Å²) in [6, 6.07) is 21.7. The molecule has 4 rings (SSSR count). The van der Waals surface area contributed by atoms with Gasteiger partial charge in [0.05, 0.1) is 29.9 Å². The number of hydrogen-bond donors (Lipinski definition) is 2. The summed E-state index contributed by atoms with van der Waals surface area (Å²) in [5, 5.41) is 22.4. The first-order chi connectivity index (χ1) is 16.5.